The Morgan fingerprint density at radius 3 is 2.65 bits per heavy atom. The number of imidazole rings is 1. The van der Waals surface area contributed by atoms with Crippen molar-refractivity contribution in [2.24, 2.45) is 0 Å². The van der Waals surface area contributed by atoms with Gasteiger partial charge in [-0.25, -0.2) is 4.98 Å². The molecule has 0 saturated heterocycles. The Hall–Kier alpha value is -3.41. The van der Waals surface area contributed by atoms with Crippen molar-refractivity contribution < 1.29 is 9.59 Å². The molecule has 3 rings (SSSR count). The lowest BCUT2D eigenvalue weighted by Crippen LogP contribution is -2.20. The van der Waals surface area contributed by atoms with Gasteiger partial charge in [-0.05, 0) is 42.3 Å². The van der Waals surface area contributed by atoms with Crippen molar-refractivity contribution in [2.75, 3.05) is 7.05 Å². The number of pyridine rings is 1. The van der Waals surface area contributed by atoms with Gasteiger partial charge in [-0.3, -0.25) is 9.59 Å². The van der Waals surface area contributed by atoms with E-state index in [9.17, 15) is 9.59 Å². The Kier molecular flexibility index (Phi) is 5.12. The highest BCUT2D eigenvalue weighted by Crippen LogP contribution is 2.10. The van der Waals surface area contributed by atoms with Crippen molar-refractivity contribution in [2.45, 2.75) is 13.5 Å². The van der Waals surface area contributed by atoms with Gasteiger partial charge in [-0.1, -0.05) is 18.2 Å². The summed E-state index contributed by atoms with van der Waals surface area (Å²) in [5.41, 5.74) is 4.21. The molecule has 0 atom stereocenters. The third-order valence-corrected chi connectivity index (χ3v) is 4.00. The molecule has 2 heterocycles. The van der Waals surface area contributed by atoms with Gasteiger partial charge in [0.15, 0.2) is 0 Å². The minimum Gasteiger partial charge on any atom is -0.355 e. The minimum atomic E-state index is -0.200. The highest BCUT2D eigenvalue weighted by molar-refractivity contribution is 5.94. The van der Waals surface area contributed by atoms with Crippen molar-refractivity contribution in [3.63, 3.8) is 0 Å². The largest absolute Gasteiger partial charge is 0.355 e. The monoisotopic (exact) mass is 348 g/mol. The van der Waals surface area contributed by atoms with Gasteiger partial charge >= 0.3 is 0 Å². The second-order valence-electron chi connectivity index (χ2n) is 5.91. The molecule has 26 heavy (non-hydrogen) atoms. The second kappa shape index (κ2) is 7.65. The van der Waals surface area contributed by atoms with Gasteiger partial charge in [0, 0.05) is 31.1 Å². The number of nitrogens with one attached hydrogen (secondary N) is 2. The molecule has 0 spiro atoms. The predicted molar refractivity (Wildman–Crippen MR) is 101 cm³/mol. The molecule has 3 aromatic rings. The Morgan fingerprint density at radius 1 is 1.19 bits per heavy atom. The zero-order valence-electron chi connectivity index (χ0n) is 14.7. The molecule has 0 saturated carbocycles. The average Bonchev–Trinajstić information content (AvgIpc) is 3.09. The van der Waals surface area contributed by atoms with E-state index >= 15 is 0 Å². The van der Waals surface area contributed by atoms with E-state index in [1.165, 1.54) is 6.08 Å². The maximum atomic E-state index is 12.0. The molecular weight excluding hydrogens is 328 g/mol. The molecule has 6 nitrogen and oxygen atoms in total. The number of fused-ring (bicyclic) bond motifs is 1. The van der Waals surface area contributed by atoms with Gasteiger partial charge < -0.3 is 15.0 Å². The zero-order chi connectivity index (χ0) is 18.5. The Bertz CT molecular complexity index is 971. The first kappa shape index (κ1) is 17.4. The first-order valence-corrected chi connectivity index (χ1v) is 8.28. The normalized spacial score (nSPS) is 11.0. The van der Waals surface area contributed by atoms with Gasteiger partial charge in [0.2, 0.25) is 5.91 Å². The van der Waals surface area contributed by atoms with Crippen molar-refractivity contribution >= 4 is 23.5 Å². The van der Waals surface area contributed by atoms with Gasteiger partial charge in [0.05, 0.1) is 12.2 Å². The fourth-order valence-corrected chi connectivity index (χ4v) is 2.59. The van der Waals surface area contributed by atoms with Crippen LogP contribution in [-0.4, -0.2) is 28.2 Å². The number of carbonyl (C=O) groups excluding carboxylic acids is 2. The minimum absolute atomic E-state index is 0.138. The van der Waals surface area contributed by atoms with Gasteiger partial charge in [-0.15, -0.1) is 0 Å². The highest BCUT2D eigenvalue weighted by Gasteiger charge is 2.05. The maximum absolute atomic E-state index is 12.0. The van der Waals surface area contributed by atoms with Crippen LogP contribution in [0.25, 0.3) is 11.7 Å². The summed E-state index contributed by atoms with van der Waals surface area (Å²) >= 11 is 0. The van der Waals surface area contributed by atoms with Crippen molar-refractivity contribution in [3.8, 4) is 0 Å². The standard InChI is InChI=1S/C20H20N4O2/c1-14-4-3-11-24-13-17(23-19(14)24)12-22-18(25)10-7-15-5-8-16(9-6-15)20(26)21-2/h3-11,13H,12H2,1-2H3,(H,21,26)(H,22,25). The smallest absolute Gasteiger partial charge is 0.251 e. The summed E-state index contributed by atoms with van der Waals surface area (Å²) in [5.74, 6) is -0.338. The van der Waals surface area contributed by atoms with Crippen molar-refractivity contribution in [1.82, 2.24) is 20.0 Å². The molecule has 0 unspecified atom stereocenters. The molecule has 0 aliphatic carbocycles. The van der Waals surface area contributed by atoms with E-state index in [0.717, 1.165) is 22.5 Å². The van der Waals surface area contributed by atoms with E-state index < -0.39 is 0 Å². The van der Waals surface area contributed by atoms with Crippen LogP contribution in [-0.2, 0) is 11.3 Å². The molecule has 0 aliphatic rings. The fraction of sp³-hybridized carbons (Fsp3) is 0.150. The summed E-state index contributed by atoms with van der Waals surface area (Å²) in [6.45, 7) is 2.36. The van der Waals surface area contributed by atoms with Crippen molar-refractivity contribution in [3.05, 3.63) is 77.3 Å². The van der Waals surface area contributed by atoms with E-state index in [1.807, 2.05) is 35.9 Å². The van der Waals surface area contributed by atoms with Crippen LogP contribution >= 0.6 is 0 Å². The second-order valence-corrected chi connectivity index (χ2v) is 5.91. The summed E-state index contributed by atoms with van der Waals surface area (Å²) < 4.78 is 1.95. The van der Waals surface area contributed by atoms with Crippen LogP contribution in [0.5, 0.6) is 0 Å². The van der Waals surface area contributed by atoms with Crippen LogP contribution < -0.4 is 10.6 Å². The summed E-state index contributed by atoms with van der Waals surface area (Å²) in [6, 6.07) is 11.0. The maximum Gasteiger partial charge on any atom is 0.251 e. The van der Waals surface area contributed by atoms with E-state index in [2.05, 4.69) is 15.6 Å². The number of rotatable bonds is 5. The third-order valence-electron chi connectivity index (χ3n) is 4.00. The average molecular weight is 348 g/mol. The van der Waals surface area contributed by atoms with Crippen LogP contribution in [0.1, 0.15) is 27.2 Å². The van der Waals surface area contributed by atoms with E-state index in [0.29, 0.717) is 12.1 Å². The number of hydrogen-bond acceptors (Lipinski definition) is 3. The fourth-order valence-electron chi connectivity index (χ4n) is 2.59. The molecule has 0 radical (unpaired) electrons. The molecule has 6 heteroatoms. The molecule has 0 fully saturated rings. The molecule has 132 valence electrons. The summed E-state index contributed by atoms with van der Waals surface area (Å²) in [4.78, 5) is 28.0. The zero-order valence-corrected chi connectivity index (χ0v) is 14.7. The van der Waals surface area contributed by atoms with Crippen LogP contribution in [0.2, 0.25) is 0 Å². The number of aromatic nitrogens is 2. The van der Waals surface area contributed by atoms with Crippen molar-refractivity contribution in [1.29, 1.82) is 0 Å². The number of benzene rings is 1. The van der Waals surface area contributed by atoms with E-state index in [4.69, 9.17) is 0 Å². The van der Waals surface area contributed by atoms with Crippen LogP contribution in [0.3, 0.4) is 0 Å². The van der Waals surface area contributed by atoms with Gasteiger partial charge in [0.25, 0.3) is 5.91 Å². The quantitative estimate of drug-likeness (QED) is 0.695. The van der Waals surface area contributed by atoms with E-state index in [1.54, 1.807) is 37.4 Å². The summed E-state index contributed by atoms with van der Waals surface area (Å²) in [6.07, 6.45) is 7.01. The Balaban J connectivity index is 1.58. The Morgan fingerprint density at radius 2 is 1.96 bits per heavy atom. The molecule has 2 aromatic heterocycles. The number of aryl methyl sites for hydroxylation is 1. The topological polar surface area (TPSA) is 75.5 Å². The molecule has 2 amide bonds. The lowest BCUT2D eigenvalue weighted by atomic mass is 10.1. The number of carbonyl (C=O) groups is 2. The lowest BCUT2D eigenvalue weighted by molar-refractivity contribution is -0.116. The number of amides is 2. The van der Waals surface area contributed by atoms with Gasteiger partial charge in [0.1, 0.15) is 5.65 Å². The van der Waals surface area contributed by atoms with Crippen LogP contribution in [0.4, 0.5) is 0 Å². The molecule has 1 aromatic carbocycles. The first-order chi connectivity index (χ1) is 12.6. The van der Waals surface area contributed by atoms with Crippen LogP contribution in [0, 0.1) is 6.92 Å². The molecule has 0 bridgehead atoms. The highest BCUT2D eigenvalue weighted by atomic mass is 16.2. The number of hydrogen-bond donors (Lipinski definition) is 2. The molecule has 2 N–H and O–H groups in total. The van der Waals surface area contributed by atoms with Gasteiger partial charge in [-0.2, -0.15) is 0 Å². The summed E-state index contributed by atoms with van der Waals surface area (Å²) in [7, 11) is 1.59. The lowest BCUT2D eigenvalue weighted by Gasteiger charge is -2.00. The summed E-state index contributed by atoms with van der Waals surface area (Å²) in [5, 5.41) is 5.39. The molecule has 0 aliphatic heterocycles. The third kappa shape index (κ3) is 3.97. The predicted octanol–water partition coefficient (Wildman–Crippen LogP) is 2.33. The number of nitrogens with zero attached hydrogens (tertiary/aromatic N) is 2. The first-order valence-electron chi connectivity index (χ1n) is 8.28. The molecular formula is C20H20N4O2. The van der Waals surface area contributed by atoms with E-state index in [-0.39, 0.29) is 11.8 Å². The Labute approximate surface area is 151 Å². The SMILES string of the molecule is CNC(=O)c1ccc(C=CC(=O)NCc2cn3cccc(C)c3n2)cc1. The van der Waals surface area contributed by atoms with Crippen LogP contribution in [0.15, 0.2) is 54.9 Å².